The van der Waals surface area contributed by atoms with Crippen LogP contribution < -0.4 is 0 Å². The molecular weight excluding hydrogens is 298 g/mol. The van der Waals surface area contributed by atoms with Gasteiger partial charge in [-0.05, 0) is 26.0 Å². The minimum absolute atomic E-state index is 0.167. The van der Waals surface area contributed by atoms with Gasteiger partial charge in [0, 0.05) is 17.1 Å². The molecule has 0 amide bonds. The number of hydrogen-bond donors (Lipinski definition) is 0. The molecular formula is C16H15N3O2S. The lowest BCUT2D eigenvalue weighted by Crippen LogP contribution is -2.08. The van der Waals surface area contributed by atoms with Crippen molar-refractivity contribution in [3.8, 4) is 5.69 Å². The summed E-state index contributed by atoms with van der Waals surface area (Å²) in [5.74, 6) is -0.433. The van der Waals surface area contributed by atoms with Crippen LogP contribution in [-0.4, -0.2) is 20.7 Å². The van der Waals surface area contributed by atoms with E-state index < -0.39 is 5.97 Å². The fourth-order valence-corrected chi connectivity index (χ4v) is 2.65. The van der Waals surface area contributed by atoms with Gasteiger partial charge in [0.05, 0.1) is 16.4 Å². The van der Waals surface area contributed by atoms with Crippen molar-refractivity contribution in [1.29, 1.82) is 0 Å². The number of hydrogen-bond acceptors (Lipinski definition) is 5. The first-order valence-electron chi connectivity index (χ1n) is 6.83. The third-order valence-electron chi connectivity index (χ3n) is 3.13. The van der Waals surface area contributed by atoms with Gasteiger partial charge in [0.2, 0.25) is 0 Å². The van der Waals surface area contributed by atoms with E-state index in [1.165, 1.54) is 11.3 Å². The smallest absolute Gasteiger partial charge is 0.359 e. The van der Waals surface area contributed by atoms with E-state index in [9.17, 15) is 4.79 Å². The van der Waals surface area contributed by atoms with Crippen molar-refractivity contribution in [3.63, 3.8) is 0 Å². The number of benzene rings is 1. The number of esters is 1. The molecule has 0 aliphatic heterocycles. The molecule has 3 aromatic rings. The summed E-state index contributed by atoms with van der Waals surface area (Å²) < 4.78 is 6.97. The van der Waals surface area contributed by atoms with Crippen LogP contribution in [0, 0.1) is 13.8 Å². The van der Waals surface area contributed by atoms with Crippen molar-refractivity contribution in [2.24, 2.45) is 0 Å². The zero-order valence-corrected chi connectivity index (χ0v) is 13.1. The predicted octanol–water partition coefficient (Wildman–Crippen LogP) is 3.30. The maximum Gasteiger partial charge on any atom is 0.359 e. The molecule has 0 saturated carbocycles. The van der Waals surface area contributed by atoms with Crippen LogP contribution >= 0.6 is 11.3 Å². The fraction of sp³-hybridized carbons (Fsp3) is 0.188. The molecule has 0 atom stereocenters. The van der Waals surface area contributed by atoms with Crippen molar-refractivity contribution in [1.82, 2.24) is 14.8 Å². The maximum absolute atomic E-state index is 12.2. The second-order valence-electron chi connectivity index (χ2n) is 4.87. The SMILES string of the molecule is Cc1nc(COC(=O)c2nn(-c3ccccc3)cc2C)cs1. The summed E-state index contributed by atoms with van der Waals surface area (Å²) >= 11 is 1.53. The van der Waals surface area contributed by atoms with Gasteiger partial charge < -0.3 is 4.74 Å². The first-order valence-corrected chi connectivity index (χ1v) is 7.71. The summed E-state index contributed by atoms with van der Waals surface area (Å²) in [7, 11) is 0. The number of carbonyl (C=O) groups is 1. The van der Waals surface area contributed by atoms with Crippen molar-refractivity contribution in [2.45, 2.75) is 20.5 Å². The Morgan fingerprint density at radius 1 is 1.27 bits per heavy atom. The van der Waals surface area contributed by atoms with E-state index in [1.54, 1.807) is 4.68 Å². The second-order valence-corrected chi connectivity index (χ2v) is 5.94. The number of para-hydroxylation sites is 1. The predicted molar refractivity (Wildman–Crippen MR) is 84.3 cm³/mol. The zero-order chi connectivity index (χ0) is 15.5. The molecule has 112 valence electrons. The summed E-state index contributed by atoms with van der Waals surface area (Å²) in [6.45, 7) is 3.93. The number of thiazole rings is 1. The van der Waals surface area contributed by atoms with Gasteiger partial charge in [0.25, 0.3) is 0 Å². The molecule has 0 unspecified atom stereocenters. The van der Waals surface area contributed by atoms with Gasteiger partial charge in [-0.15, -0.1) is 11.3 Å². The van der Waals surface area contributed by atoms with Gasteiger partial charge >= 0.3 is 5.97 Å². The van der Waals surface area contributed by atoms with Crippen LogP contribution in [0.5, 0.6) is 0 Å². The molecule has 2 heterocycles. The van der Waals surface area contributed by atoms with Crippen LogP contribution in [0.15, 0.2) is 41.9 Å². The zero-order valence-electron chi connectivity index (χ0n) is 12.3. The van der Waals surface area contributed by atoms with Gasteiger partial charge in [-0.1, -0.05) is 18.2 Å². The molecule has 0 N–H and O–H groups in total. The number of nitrogens with zero attached hydrogens (tertiary/aromatic N) is 3. The Balaban J connectivity index is 1.74. The first kappa shape index (κ1) is 14.5. The van der Waals surface area contributed by atoms with Crippen LogP contribution in [0.3, 0.4) is 0 Å². The lowest BCUT2D eigenvalue weighted by atomic mass is 10.3. The molecule has 2 aromatic heterocycles. The van der Waals surface area contributed by atoms with Crippen LogP contribution in [0.4, 0.5) is 0 Å². The van der Waals surface area contributed by atoms with Crippen LogP contribution in [-0.2, 0) is 11.3 Å². The summed E-state index contributed by atoms with van der Waals surface area (Å²) in [6.07, 6.45) is 1.82. The van der Waals surface area contributed by atoms with Gasteiger partial charge in [-0.25, -0.2) is 14.5 Å². The maximum atomic E-state index is 12.2. The highest BCUT2D eigenvalue weighted by molar-refractivity contribution is 7.09. The molecule has 0 saturated heterocycles. The molecule has 0 spiro atoms. The highest BCUT2D eigenvalue weighted by atomic mass is 32.1. The molecule has 0 fully saturated rings. The Kier molecular flexibility index (Phi) is 4.02. The number of aryl methyl sites for hydroxylation is 2. The molecule has 22 heavy (non-hydrogen) atoms. The molecule has 0 aliphatic rings. The Labute approximate surface area is 132 Å². The monoisotopic (exact) mass is 313 g/mol. The van der Waals surface area contributed by atoms with Crippen LogP contribution in [0.2, 0.25) is 0 Å². The van der Waals surface area contributed by atoms with Gasteiger partial charge in [0.1, 0.15) is 6.61 Å². The lowest BCUT2D eigenvalue weighted by Gasteiger charge is -2.01. The van der Waals surface area contributed by atoms with Crippen LogP contribution in [0.25, 0.3) is 5.69 Å². The van der Waals surface area contributed by atoms with E-state index in [0.717, 1.165) is 22.0 Å². The first-order chi connectivity index (χ1) is 10.6. The number of rotatable bonds is 4. The third-order valence-corrected chi connectivity index (χ3v) is 3.95. The summed E-state index contributed by atoms with van der Waals surface area (Å²) in [6, 6.07) is 9.65. The molecule has 6 heteroatoms. The molecule has 5 nitrogen and oxygen atoms in total. The lowest BCUT2D eigenvalue weighted by molar-refractivity contribution is 0.0460. The van der Waals surface area contributed by atoms with E-state index in [0.29, 0.717) is 5.69 Å². The largest absolute Gasteiger partial charge is 0.454 e. The highest BCUT2D eigenvalue weighted by Gasteiger charge is 2.16. The Morgan fingerprint density at radius 2 is 2.05 bits per heavy atom. The summed E-state index contributed by atoms with van der Waals surface area (Å²) in [4.78, 5) is 16.4. The Morgan fingerprint density at radius 3 is 2.73 bits per heavy atom. The Bertz CT molecular complexity index is 793. The van der Waals surface area contributed by atoms with Gasteiger partial charge in [-0.3, -0.25) is 0 Å². The quantitative estimate of drug-likeness (QED) is 0.693. The van der Waals surface area contributed by atoms with E-state index in [-0.39, 0.29) is 6.61 Å². The normalized spacial score (nSPS) is 10.6. The van der Waals surface area contributed by atoms with Gasteiger partial charge in [0.15, 0.2) is 5.69 Å². The Hall–Kier alpha value is -2.47. The molecule has 1 aromatic carbocycles. The molecule has 0 bridgehead atoms. The number of carbonyl (C=O) groups excluding carboxylic acids is 1. The number of ether oxygens (including phenoxy) is 1. The van der Waals surface area contributed by atoms with Gasteiger partial charge in [-0.2, -0.15) is 5.10 Å². The molecule has 0 aliphatic carbocycles. The fourth-order valence-electron chi connectivity index (χ4n) is 2.06. The molecule has 0 radical (unpaired) electrons. The topological polar surface area (TPSA) is 57.0 Å². The van der Waals surface area contributed by atoms with E-state index >= 15 is 0 Å². The van der Waals surface area contributed by atoms with Crippen LogP contribution in [0.1, 0.15) is 26.8 Å². The van der Waals surface area contributed by atoms with E-state index in [4.69, 9.17) is 4.74 Å². The van der Waals surface area contributed by atoms with E-state index in [2.05, 4.69) is 10.1 Å². The average molecular weight is 313 g/mol. The second kappa shape index (κ2) is 6.11. The van der Waals surface area contributed by atoms with E-state index in [1.807, 2.05) is 55.8 Å². The third kappa shape index (κ3) is 3.07. The number of aromatic nitrogens is 3. The van der Waals surface area contributed by atoms with Crippen molar-refractivity contribution in [2.75, 3.05) is 0 Å². The van der Waals surface area contributed by atoms with Crippen molar-refractivity contribution < 1.29 is 9.53 Å². The molecule has 3 rings (SSSR count). The average Bonchev–Trinajstić information content (AvgIpc) is 3.12. The van der Waals surface area contributed by atoms with Crippen molar-refractivity contribution in [3.05, 3.63) is 63.9 Å². The minimum Gasteiger partial charge on any atom is -0.454 e. The standard InChI is InChI=1S/C16H15N3O2S/c1-11-8-19(14-6-4-3-5-7-14)18-15(11)16(20)21-9-13-10-22-12(2)17-13/h3-8,10H,9H2,1-2H3. The highest BCUT2D eigenvalue weighted by Crippen LogP contribution is 2.14. The summed E-state index contributed by atoms with van der Waals surface area (Å²) in [5.41, 5.74) is 2.77. The van der Waals surface area contributed by atoms with Crippen molar-refractivity contribution >= 4 is 17.3 Å². The minimum atomic E-state index is -0.433. The summed E-state index contributed by atoms with van der Waals surface area (Å²) in [5, 5.41) is 7.16.